The maximum atomic E-state index is 10.5. The molecule has 0 spiro atoms. The van der Waals surface area contributed by atoms with E-state index in [1.165, 1.54) is 6.07 Å². The number of aliphatic carboxylic acids is 1. The summed E-state index contributed by atoms with van der Waals surface area (Å²) in [7, 11) is 0. The largest absolute Gasteiger partial charge is 0.479 e. The molecule has 1 aromatic heterocycles. The number of carboxylic acid groups (broad SMARTS) is 1. The summed E-state index contributed by atoms with van der Waals surface area (Å²) in [6.45, 7) is 0. The van der Waals surface area contributed by atoms with E-state index >= 15 is 0 Å². The number of aliphatic hydroxyl groups is 4. The molecule has 0 saturated carbocycles. The third-order valence-corrected chi connectivity index (χ3v) is 3.23. The van der Waals surface area contributed by atoms with Gasteiger partial charge in [0.15, 0.2) is 6.10 Å². The molecule has 0 aliphatic heterocycles. The first-order chi connectivity index (χ1) is 9.81. The zero-order valence-electron chi connectivity index (χ0n) is 10.5. The van der Waals surface area contributed by atoms with Gasteiger partial charge in [-0.25, -0.2) is 9.78 Å². The van der Waals surface area contributed by atoms with Crippen molar-refractivity contribution in [2.45, 2.75) is 24.4 Å². The summed E-state index contributed by atoms with van der Waals surface area (Å²) in [6, 6.07) is 4.73. The number of nitrogens with zero attached hydrogens (tertiary/aromatic N) is 1. The Bertz CT molecular complexity index is 660. The fourth-order valence-electron chi connectivity index (χ4n) is 1.82. The number of imidazole rings is 1. The second-order valence-corrected chi connectivity index (χ2v) is 4.93. The SMILES string of the molecule is O=C(O)C(O)C(O)C(O)[C@H](O)c1nc2cc(Cl)ccc2[nH]1. The monoisotopic (exact) mass is 316 g/mol. The van der Waals surface area contributed by atoms with Crippen LogP contribution in [0.15, 0.2) is 18.2 Å². The van der Waals surface area contributed by atoms with Gasteiger partial charge in [-0.05, 0) is 18.2 Å². The van der Waals surface area contributed by atoms with Crippen molar-refractivity contribution in [3.63, 3.8) is 0 Å². The predicted octanol–water partition coefficient (Wildman–Crippen LogP) is -0.583. The molecule has 21 heavy (non-hydrogen) atoms. The molecule has 2 aromatic rings. The maximum Gasteiger partial charge on any atom is 0.335 e. The minimum Gasteiger partial charge on any atom is -0.479 e. The number of carbonyl (C=O) groups is 1. The number of hydrogen-bond acceptors (Lipinski definition) is 6. The van der Waals surface area contributed by atoms with Crippen molar-refractivity contribution in [1.29, 1.82) is 0 Å². The standard InChI is InChI=1S/C12H13ClN2O6/c13-4-1-2-5-6(3-4)15-11(14-5)9(18)7(16)8(17)10(19)12(20)21/h1-3,7-10,16-19H,(H,14,15)(H,20,21)/t7?,8?,9-,10?/m0/s1. The van der Waals surface area contributed by atoms with Gasteiger partial charge in [-0.2, -0.15) is 0 Å². The van der Waals surface area contributed by atoms with Crippen molar-refractivity contribution >= 4 is 28.6 Å². The van der Waals surface area contributed by atoms with E-state index in [9.17, 15) is 20.1 Å². The Kier molecular flexibility index (Phi) is 4.45. The molecular weight excluding hydrogens is 304 g/mol. The van der Waals surface area contributed by atoms with Gasteiger partial charge in [0.2, 0.25) is 0 Å². The van der Waals surface area contributed by atoms with E-state index in [-0.39, 0.29) is 5.82 Å². The number of aliphatic hydroxyl groups excluding tert-OH is 4. The molecule has 0 saturated heterocycles. The number of nitrogens with one attached hydrogen (secondary N) is 1. The lowest BCUT2D eigenvalue weighted by Crippen LogP contribution is -2.45. The first-order valence-electron chi connectivity index (χ1n) is 5.91. The summed E-state index contributed by atoms with van der Waals surface area (Å²) in [5.41, 5.74) is 0.964. The first-order valence-corrected chi connectivity index (χ1v) is 6.29. The molecule has 9 heteroatoms. The summed E-state index contributed by atoms with van der Waals surface area (Å²) < 4.78 is 0. The molecule has 2 rings (SSSR count). The van der Waals surface area contributed by atoms with Crippen molar-refractivity contribution < 1.29 is 30.3 Å². The van der Waals surface area contributed by atoms with E-state index in [1.54, 1.807) is 12.1 Å². The Morgan fingerprint density at radius 2 is 1.86 bits per heavy atom. The van der Waals surface area contributed by atoms with Crippen LogP contribution >= 0.6 is 11.6 Å². The third kappa shape index (κ3) is 3.14. The Hall–Kier alpha value is -1.71. The summed E-state index contributed by atoms with van der Waals surface area (Å²) >= 11 is 5.79. The Morgan fingerprint density at radius 3 is 2.48 bits per heavy atom. The lowest BCUT2D eigenvalue weighted by molar-refractivity contribution is -0.163. The van der Waals surface area contributed by atoms with E-state index in [0.717, 1.165) is 0 Å². The lowest BCUT2D eigenvalue weighted by atomic mass is 10.0. The number of hydrogen-bond donors (Lipinski definition) is 6. The second-order valence-electron chi connectivity index (χ2n) is 4.49. The van der Waals surface area contributed by atoms with Gasteiger partial charge >= 0.3 is 5.97 Å². The van der Waals surface area contributed by atoms with E-state index < -0.39 is 30.4 Å². The predicted molar refractivity (Wildman–Crippen MR) is 71.7 cm³/mol. The average Bonchev–Trinajstić information content (AvgIpc) is 2.86. The minimum atomic E-state index is -2.23. The molecule has 6 N–H and O–H groups in total. The van der Waals surface area contributed by atoms with Crippen LogP contribution in [-0.2, 0) is 4.79 Å². The molecule has 0 aliphatic carbocycles. The van der Waals surface area contributed by atoms with Crippen LogP contribution in [-0.4, -0.2) is 59.8 Å². The Balaban J connectivity index is 2.24. The van der Waals surface area contributed by atoms with Crippen LogP contribution in [0, 0.1) is 0 Å². The molecule has 0 amide bonds. The zero-order chi connectivity index (χ0) is 15.7. The van der Waals surface area contributed by atoms with Gasteiger partial charge in [0.25, 0.3) is 0 Å². The minimum absolute atomic E-state index is 0.0867. The van der Waals surface area contributed by atoms with E-state index in [0.29, 0.717) is 16.1 Å². The van der Waals surface area contributed by atoms with Crippen LogP contribution in [0.5, 0.6) is 0 Å². The van der Waals surface area contributed by atoms with Crippen molar-refractivity contribution in [2.75, 3.05) is 0 Å². The summed E-state index contributed by atoms with van der Waals surface area (Å²) in [5, 5.41) is 47.3. The average molecular weight is 317 g/mol. The van der Waals surface area contributed by atoms with Gasteiger partial charge in [0, 0.05) is 5.02 Å². The maximum absolute atomic E-state index is 10.5. The highest BCUT2D eigenvalue weighted by Crippen LogP contribution is 2.23. The van der Waals surface area contributed by atoms with Crippen LogP contribution in [0.25, 0.3) is 11.0 Å². The van der Waals surface area contributed by atoms with E-state index in [2.05, 4.69) is 9.97 Å². The third-order valence-electron chi connectivity index (χ3n) is 2.99. The number of H-pyrrole nitrogens is 1. The van der Waals surface area contributed by atoms with Crippen LogP contribution in [0.4, 0.5) is 0 Å². The normalized spacial score (nSPS) is 17.4. The molecule has 0 bridgehead atoms. The van der Waals surface area contributed by atoms with Crippen molar-refractivity contribution in [3.8, 4) is 0 Å². The molecule has 3 unspecified atom stereocenters. The fraction of sp³-hybridized carbons (Fsp3) is 0.333. The number of rotatable bonds is 5. The Labute approximate surface area is 123 Å². The van der Waals surface area contributed by atoms with Crippen LogP contribution in [0.3, 0.4) is 0 Å². The molecule has 4 atom stereocenters. The molecular formula is C12H13ClN2O6. The zero-order valence-corrected chi connectivity index (χ0v) is 11.3. The second kappa shape index (κ2) is 5.96. The number of halogens is 1. The molecule has 0 aliphatic rings. The van der Waals surface area contributed by atoms with E-state index in [4.69, 9.17) is 21.8 Å². The Morgan fingerprint density at radius 1 is 1.19 bits per heavy atom. The molecule has 1 aromatic carbocycles. The quantitative estimate of drug-likeness (QED) is 0.432. The van der Waals surface area contributed by atoms with E-state index in [1.807, 2.05) is 0 Å². The van der Waals surface area contributed by atoms with Gasteiger partial charge in [0.1, 0.15) is 24.1 Å². The van der Waals surface area contributed by atoms with Gasteiger partial charge in [0.05, 0.1) is 11.0 Å². The summed E-state index contributed by atoms with van der Waals surface area (Å²) in [5.74, 6) is -1.80. The van der Waals surface area contributed by atoms with Crippen LogP contribution < -0.4 is 0 Å². The summed E-state index contributed by atoms with van der Waals surface area (Å²) in [4.78, 5) is 17.2. The number of benzene rings is 1. The smallest absolute Gasteiger partial charge is 0.335 e. The molecule has 8 nitrogen and oxygen atoms in total. The molecule has 114 valence electrons. The number of carboxylic acids is 1. The number of aromatic nitrogens is 2. The van der Waals surface area contributed by atoms with Crippen LogP contribution in [0.2, 0.25) is 5.02 Å². The van der Waals surface area contributed by atoms with Crippen LogP contribution in [0.1, 0.15) is 11.9 Å². The number of fused-ring (bicyclic) bond motifs is 1. The van der Waals surface area contributed by atoms with Crippen molar-refractivity contribution in [1.82, 2.24) is 9.97 Å². The highest BCUT2D eigenvalue weighted by molar-refractivity contribution is 6.31. The van der Waals surface area contributed by atoms with Gasteiger partial charge in [-0.15, -0.1) is 0 Å². The van der Waals surface area contributed by atoms with Gasteiger partial charge < -0.3 is 30.5 Å². The molecule has 0 fully saturated rings. The molecule has 0 radical (unpaired) electrons. The first kappa shape index (κ1) is 15.7. The van der Waals surface area contributed by atoms with Crippen molar-refractivity contribution in [3.05, 3.63) is 29.0 Å². The topological polar surface area (TPSA) is 147 Å². The van der Waals surface area contributed by atoms with Crippen molar-refractivity contribution in [2.24, 2.45) is 0 Å². The highest BCUT2D eigenvalue weighted by atomic mass is 35.5. The highest BCUT2D eigenvalue weighted by Gasteiger charge is 2.36. The summed E-state index contributed by atoms with van der Waals surface area (Å²) in [6.07, 6.45) is -7.95. The van der Waals surface area contributed by atoms with Gasteiger partial charge in [-0.1, -0.05) is 11.6 Å². The fourth-order valence-corrected chi connectivity index (χ4v) is 1.99. The van der Waals surface area contributed by atoms with Gasteiger partial charge in [-0.3, -0.25) is 0 Å². The lowest BCUT2D eigenvalue weighted by Gasteiger charge is -2.23. The molecule has 1 heterocycles. The number of aromatic amines is 1.